The van der Waals surface area contributed by atoms with E-state index in [9.17, 15) is 9.65 Å². The molecule has 0 aliphatic carbocycles. The van der Waals surface area contributed by atoms with E-state index in [-0.39, 0.29) is 17.2 Å². The van der Waals surface area contributed by atoms with Crippen LogP contribution < -0.4 is 19.9 Å². The van der Waals surface area contributed by atoms with E-state index in [4.69, 9.17) is 19.9 Å². The highest BCUT2D eigenvalue weighted by Gasteiger charge is 2.22. The maximum atomic E-state index is 13.9. The van der Waals surface area contributed by atoms with E-state index in [1.165, 1.54) is 33.5 Å². The molecule has 0 spiro atoms. The minimum absolute atomic E-state index is 0.0533. The van der Waals surface area contributed by atoms with Crippen LogP contribution in [0.15, 0.2) is 42.6 Å². The third-order valence-electron chi connectivity index (χ3n) is 5.07. The molecule has 0 aliphatic heterocycles. The first-order chi connectivity index (χ1) is 15.0. The molecule has 0 bridgehead atoms. The van der Waals surface area contributed by atoms with Crippen molar-refractivity contribution in [1.29, 1.82) is 5.26 Å². The van der Waals surface area contributed by atoms with Crippen LogP contribution in [0.5, 0.6) is 17.2 Å². The van der Waals surface area contributed by atoms with E-state index < -0.39 is 0 Å². The maximum absolute atomic E-state index is 13.9. The lowest BCUT2D eigenvalue weighted by molar-refractivity contribution is 0.325. The number of nitriles is 1. The number of rotatable bonds is 5. The lowest BCUT2D eigenvalue weighted by atomic mass is 9.97. The Kier molecular flexibility index (Phi) is 5.09. The fourth-order valence-electron chi connectivity index (χ4n) is 3.65. The Morgan fingerprint density at radius 1 is 0.968 bits per heavy atom. The van der Waals surface area contributed by atoms with Gasteiger partial charge in [-0.3, -0.25) is 0 Å². The minimum Gasteiger partial charge on any atom is -0.493 e. The standard InChI is InChI=1S/C23H19FN4O3/c1-29-20-7-5-13(21(30-2)22(20)31-3)14-9-19(28-23(26)16(14)10-25)17-11-27-18-6-4-12(24)8-15(17)18/h4-9,11,27H,1-3H3,(H2,26,28). The van der Waals surface area contributed by atoms with Crippen LogP contribution in [0.3, 0.4) is 0 Å². The monoisotopic (exact) mass is 418 g/mol. The molecular formula is C23H19FN4O3. The molecule has 2 aromatic heterocycles. The number of hydrogen-bond donors (Lipinski definition) is 2. The Balaban J connectivity index is 2.01. The van der Waals surface area contributed by atoms with Gasteiger partial charge >= 0.3 is 0 Å². The van der Waals surface area contributed by atoms with Gasteiger partial charge in [-0.1, -0.05) is 0 Å². The predicted octanol–water partition coefficient (Wildman–Crippen LogP) is 4.52. The van der Waals surface area contributed by atoms with E-state index in [1.807, 2.05) is 0 Å². The number of halogens is 1. The van der Waals surface area contributed by atoms with E-state index >= 15 is 0 Å². The van der Waals surface area contributed by atoms with Crippen LogP contribution in [0.2, 0.25) is 0 Å². The van der Waals surface area contributed by atoms with E-state index in [2.05, 4.69) is 16.0 Å². The SMILES string of the molecule is COc1ccc(-c2cc(-c3c[nH]c4ccc(F)cc34)nc(N)c2C#N)c(OC)c1OC. The van der Waals surface area contributed by atoms with Gasteiger partial charge in [-0.2, -0.15) is 5.26 Å². The summed E-state index contributed by atoms with van der Waals surface area (Å²) in [5.41, 5.74) is 9.34. The Morgan fingerprint density at radius 3 is 2.42 bits per heavy atom. The number of ether oxygens (including phenoxy) is 3. The van der Waals surface area contributed by atoms with Gasteiger partial charge in [-0.25, -0.2) is 9.37 Å². The molecule has 0 aliphatic rings. The summed E-state index contributed by atoms with van der Waals surface area (Å²) in [7, 11) is 4.53. The molecule has 0 saturated carbocycles. The Labute approximate surface area is 177 Å². The zero-order chi connectivity index (χ0) is 22.1. The average molecular weight is 418 g/mol. The molecule has 8 heteroatoms. The van der Waals surface area contributed by atoms with Crippen molar-refractivity contribution in [3.8, 4) is 45.7 Å². The number of methoxy groups -OCH3 is 3. The first-order valence-electron chi connectivity index (χ1n) is 9.29. The van der Waals surface area contributed by atoms with Gasteiger partial charge < -0.3 is 24.9 Å². The Hall–Kier alpha value is -4.25. The Morgan fingerprint density at radius 2 is 1.74 bits per heavy atom. The number of nitrogens with zero attached hydrogens (tertiary/aromatic N) is 2. The van der Waals surface area contributed by atoms with Crippen molar-refractivity contribution in [3.63, 3.8) is 0 Å². The number of aromatic amines is 1. The van der Waals surface area contributed by atoms with Crippen molar-refractivity contribution < 1.29 is 18.6 Å². The largest absolute Gasteiger partial charge is 0.493 e. The van der Waals surface area contributed by atoms with E-state index in [1.54, 1.807) is 30.5 Å². The molecule has 4 aromatic rings. The minimum atomic E-state index is -0.364. The van der Waals surface area contributed by atoms with Gasteiger partial charge in [0.25, 0.3) is 0 Å². The number of anilines is 1. The summed E-state index contributed by atoms with van der Waals surface area (Å²) >= 11 is 0. The zero-order valence-corrected chi connectivity index (χ0v) is 17.1. The highest BCUT2D eigenvalue weighted by Crippen LogP contribution is 2.46. The van der Waals surface area contributed by atoms with E-state index in [0.29, 0.717) is 45.0 Å². The first kappa shape index (κ1) is 20.0. The van der Waals surface area contributed by atoms with Crippen LogP contribution in [0.25, 0.3) is 33.3 Å². The average Bonchev–Trinajstić information content (AvgIpc) is 3.20. The predicted molar refractivity (Wildman–Crippen MR) is 116 cm³/mol. The highest BCUT2D eigenvalue weighted by atomic mass is 19.1. The van der Waals surface area contributed by atoms with Crippen LogP contribution in [-0.2, 0) is 0 Å². The first-order valence-corrected chi connectivity index (χ1v) is 9.29. The topological polar surface area (TPSA) is 106 Å². The second-order valence-electron chi connectivity index (χ2n) is 6.70. The van der Waals surface area contributed by atoms with Crippen molar-refractivity contribution >= 4 is 16.7 Å². The van der Waals surface area contributed by atoms with Crippen molar-refractivity contribution in [3.05, 3.63) is 54.0 Å². The summed E-state index contributed by atoms with van der Waals surface area (Å²) in [6, 6.07) is 11.8. The van der Waals surface area contributed by atoms with Gasteiger partial charge in [0.15, 0.2) is 11.5 Å². The number of fused-ring (bicyclic) bond motifs is 1. The molecule has 0 saturated heterocycles. The number of aromatic nitrogens is 2. The van der Waals surface area contributed by atoms with Gasteiger partial charge in [-0.05, 0) is 36.4 Å². The van der Waals surface area contributed by atoms with Gasteiger partial charge in [0.2, 0.25) is 5.75 Å². The van der Waals surface area contributed by atoms with Crippen molar-refractivity contribution in [2.75, 3.05) is 27.1 Å². The van der Waals surface area contributed by atoms with Gasteiger partial charge in [-0.15, -0.1) is 0 Å². The third kappa shape index (κ3) is 3.26. The fourth-order valence-corrected chi connectivity index (χ4v) is 3.65. The highest BCUT2D eigenvalue weighted by molar-refractivity contribution is 5.96. The number of H-pyrrole nitrogens is 1. The maximum Gasteiger partial charge on any atom is 0.203 e. The summed E-state index contributed by atoms with van der Waals surface area (Å²) in [4.78, 5) is 7.50. The molecule has 0 atom stereocenters. The van der Waals surface area contributed by atoms with Crippen LogP contribution in [0.1, 0.15) is 5.56 Å². The number of hydrogen-bond acceptors (Lipinski definition) is 6. The lowest BCUT2D eigenvalue weighted by Crippen LogP contribution is -2.02. The molecule has 0 radical (unpaired) electrons. The Bertz CT molecular complexity index is 1340. The molecule has 2 aromatic carbocycles. The number of pyridine rings is 1. The van der Waals surface area contributed by atoms with Crippen molar-refractivity contribution in [2.24, 2.45) is 0 Å². The van der Waals surface area contributed by atoms with E-state index in [0.717, 1.165) is 5.52 Å². The molecule has 4 rings (SSSR count). The van der Waals surface area contributed by atoms with Crippen molar-refractivity contribution in [2.45, 2.75) is 0 Å². The second kappa shape index (κ2) is 7.88. The summed E-state index contributed by atoms with van der Waals surface area (Å²) < 4.78 is 30.3. The quantitative estimate of drug-likeness (QED) is 0.494. The summed E-state index contributed by atoms with van der Waals surface area (Å²) in [6.07, 6.45) is 1.73. The van der Waals surface area contributed by atoms with Crippen molar-refractivity contribution in [1.82, 2.24) is 9.97 Å². The van der Waals surface area contributed by atoms with Gasteiger partial charge in [0.05, 0.1) is 27.0 Å². The molecule has 2 heterocycles. The number of benzene rings is 2. The summed E-state index contributed by atoms with van der Waals surface area (Å²) in [6.45, 7) is 0. The normalized spacial score (nSPS) is 10.7. The lowest BCUT2D eigenvalue weighted by Gasteiger charge is -2.17. The third-order valence-corrected chi connectivity index (χ3v) is 5.07. The smallest absolute Gasteiger partial charge is 0.203 e. The molecular weight excluding hydrogens is 399 g/mol. The molecule has 31 heavy (non-hydrogen) atoms. The fraction of sp³-hybridized carbons (Fsp3) is 0.130. The zero-order valence-electron chi connectivity index (χ0n) is 17.1. The number of nitrogen functional groups attached to an aromatic ring is 1. The molecule has 7 nitrogen and oxygen atoms in total. The number of nitrogens with one attached hydrogen (secondary N) is 1. The second-order valence-corrected chi connectivity index (χ2v) is 6.70. The van der Waals surface area contributed by atoms with Crippen LogP contribution in [0.4, 0.5) is 10.2 Å². The van der Waals surface area contributed by atoms with Gasteiger partial charge in [0, 0.05) is 33.8 Å². The van der Waals surface area contributed by atoms with Gasteiger partial charge in [0.1, 0.15) is 23.3 Å². The summed E-state index contributed by atoms with van der Waals surface area (Å²) in [5.74, 6) is 0.947. The molecule has 0 fully saturated rings. The summed E-state index contributed by atoms with van der Waals surface area (Å²) in [5, 5.41) is 10.4. The molecule has 3 N–H and O–H groups in total. The molecule has 0 unspecified atom stereocenters. The van der Waals surface area contributed by atoms with Crippen LogP contribution >= 0.6 is 0 Å². The van der Waals surface area contributed by atoms with Crippen LogP contribution in [-0.4, -0.2) is 31.3 Å². The molecule has 156 valence electrons. The molecule has 0 amide bonds. The van der Waals surface area contributed by atoms with Crippen LogP contribution in [0, 0.1) is 17.1 Å². The number of nitrogens with two attached hydrogens (primary N) is 1.